The van der Waals surface area contributed by atoms with Gasteiger partial charge in [0.1, 0.15) is 0 Å². The molecule has 0 aliphatic heterocycles. The van der Waals surface area contributed by atoms with Crippen molar-refractivity contribution in [2.75, 3.05) is 21.3 Å². The van der Waals surface area contributed by atoms with Crippen LogP contribution in [0.3, 0.4) is 0 Å². The Hall–Kier alpha value is -10.2. The van der Waals surface area contributed by atoms with Crippen molar-refractivity contribution in [3.05, 3.63) is 276 Å². The van der Waals surface area contributed by atoms with Gasteiger partial charge >= 0.3 is 83.4 Å². The quantitative estimate of drug-likeness (QED) is 0.0185. The molecule has 670 valence electrons. The molecule has 5 aromatic carbocycles. The van der Waals surface area contributed by atoms with Gasteiger partial charge < -0.3 is 40.8 Å². The van der Waals surface area contributed by atoms with Gasteiger partial charge in [-0.05, 0) is 231 Å². The number of carboxylic acid groups (broad SMARTS) is 1. The fourth-order valence-electron chi connectivity index (χ4n) is 12.4. The van der Waals surface area contributed by atoms with E-state index < -0.39 is 5.97 Å². The van der Waals surface area contributed by atoms with Crippen LogP contribution >= 0.6 is 81.4 Å². The number of alkyl halides is 1. The second kappa shape index (κ2) is 52.7. The number of hydrogen-bond donors (Lipinski definition) is 4. The van der Waals surface area contributed by atoms with Crippen LogP contribution in [0.4, 0.5) is 0 Å². The predicted molar refractivity (Wildman–Crippen MR) is 527 cm³/mol. The van der Waals surface area contributed by atoms with Crippen molar-refractivity contribution < 1.29 is 94.7 Å². The molecule has 0 radical (unpaired) electrons. The maximum absolute atomic E-state index is 13.0. The van der Waals surface area contributed by atoms with Crippen molar-refractivity contribution in [2.24, 2.45) is 5.73 Å². The number of aromatic nitrogens is 18. The zero-order chi connectivity index (χ0) is 93.8. The average molecular weight is 2220 g/mol. The van der Waals surface area contributed by atoms with Crippen LogP contribution in [0.25, 0.3) is 88.3 Å². The Bertz CT molecular complexity index is 6400. The third kappa shape index (κ3) is 30.2. The molecule has 0 saturated heterocycles. The van der Waals surface area contributed by atoms with Crippen LogP contribution < -0.4 is 40.6 Å². The van der Waals surface area contributed by atoms with Crippen LogP contribution in [-0.2, 0) is 43.6 Å². The fourth-order valence-corrected chi connectivity index (χ4v) is 13.9. The molecule has 0 unspecified atom stereocenters. The van der Waals surface area contributed by atoms with E-state index in [0.29, 0.717) is 41.0 Å². The number of aromatic carboxylic acids is 1. The SMILES string of the molecule is CC(C)I.COC(=O)c1cc(-c2ccc(C)cn2)c2cnn(C(C)C)c2c1.COC(=O)c1cc(I)c2cn[nH]c2c1.COC(=O)c1cc(I)c2cnn(C(C)C)c2c1.Cc1cc[c-]nc1.Cc1ccc(-c2cc(C(=O)NCc3cnc(C)cn3)cc3c2cnn3C(C)C)nc1.Cc1ccc(-c2cc(C(=O)O)cc3c2cnn3C(C)C)nc1.Cc1cnc(CN)cn1.[Na+].[OH-].[Zn+][Br]. The Balaban J connectivity index is 0.000000239. The van der Waals surface area contributed by atoms with Gasteiger partial charge in [-0.1, -0.05) is 74.0 Å². The molecule has 16 aromatic rings. The number of nitrogens with one attached hydrogen (secondary N) is 2. The van der Waals surface area contributed by atoms with Crippen LogP contribution in [-0.4, -0.2) is 155 Å². The van der Waals surface area contributed by atoms with E-state index in [0.717, 1.165) is 133 Å². The number of aromatic amines is 1. The number of benzene rings is 5. The number of carboxylic acids is 1. The number of esters is 3. The number of H-pyrrole nitrogens is 1. The van der Waals surface area contributed by atoms with E-state index in [2.05, 4.69) is 223 Å². The summed E-state index contributed by atoms with van der Waals surface area (Å²) in [5.41, 5.74) is 24.8. The molecular weight excluding hydrogens is 2120 g/mol. The summed E-state index contributed by atoms with van der Waals surface area (Å²) in [7, 11) is 4.14. The van der Waals surface area contributed by atoms with Crippen molar-refractivity contribution in [3.63, 3.8) is 0 Å². The molecule has 0 aliphatic rings. The number of halogens is 4. The molecule has 16 rings (SSSR count). The first kappa shape index (κ1) is 109. The number of rotatable bonds is 15. The van der Waals surface area contributed by atoms with Crippen molar-refractivity contribution >= 4 is 166 Å². The minimum absolute atomic E-state index is 0. The normalized spacial score (nSPS) is 10.5. The van der Waals surface area contributed by atoms with Gasteiger partial charge in [-0.2, -0.15) is 37.6 Å². The molecule has 30 nitrogen and oxygen atoms in total. The summed E-state index contributed by atoms with van der Waals surface area (Å²) in [6, 6.07) is 34.3. The number of methoxy groups -OCH3 is 3. The van der Waals surface area contributed by atoms with Gasteiger partial charge in [-0.25, -0.2) is 19.2 Å². The van der Waals surface area contributed by atoms with Gasteiger partial charge in [0.15, 0.2) is 0 Å². The van der Waals surface area contributed by atoms with E-state index in [4.69, 9.17) is 15.2 Å². The Morgan fingerprint density at radius 2 is 0.808 bits per heavy atom. The maximum atomic E-state index is 13.0. The third-order valence-corrected chi connectivity index (χ3v) is 20.5. The second-order valence-corrected chi connectivity index (χ2v) is 35.2. The summed E-state index contributed by atoms with van der Waals surface area (Å²) in [6.07, 6.45) is 25.7. The van der Waals surface area contributed by atoms with Crippen molar-refractivity contribution in [1.29, 1.82) is 0 Å². The monoisotopic (exact) mass is 2220 g/mol. The summed E-state index contributed by atoms with van der Waals surface area (Å²) in [6.45, 7) is 33.2. The number of carbonyl (C=O) groups is 5. The number of hydrogen-bond acceptors (Lipinski definition) is 23. The molecule has 0 aliphatic carbocycles. The van der Waals surface area contributed by atoms with Crippen molar-refractivity contribution in [1.82, 2.24) is 94.5 Å². The molecule has 0 bridgehead atoms. The van der Waals surface area contributed by atoms with Crippen LogP contribution in [0.15, 0.2) is 190 Å². The van der Waals surface area contributed by atoms with Gasteiger partial charge in [0, 0.05) is 128 Å². The molecule has 6 N–H and O–H groups in total. The fraction of sp³-hybridized carbons (Fsp3) is 0.277. The Morgan fingerprint density at radius 3 is 1.15 bits per heavy atom. The van der Waals surface area contributed by atoms with E-state index in [1.807, 2.05) is 184 Å². The molecule has 0 saturated carbocycles. The topological polar surface area (TPSA) is 404 Å². The zero-order valence-electron chi connectivity index (χ0n) is 76.3. The summed E-state index contributed by atoms with van der Waals surface area (Å²) in [4.78, 5) is 93.0. The molecule has 11 heterocycles. The number of aryl methyl sites for hydroxylation is 6. The molecule has 0 atom stereocenters. The van der Waals surface area contributed by atoms with Crippen LogP contribution in [0.2, 0.25) is 0 Å². The molecule has 0 fully saturated rings. The van der Waals surface area contributed by atoms with E-state index in [-0.39, 0.29) is 88.6 Å². The average Bonchev–Trinajstić information content (AvgIpc) is 1.61. The molecular formula is C94H103BrI3N20NaO10Zn. The summed E-state index contributed by atoms with van der Waals surface area (Å²) in [5, 5.41) is 41.7. The van der Waals surface area contributed by atoms with Crippen molar-refractivity contribution in [3.8, 4) is 33.8 Å². The number of carbonyl (C=O) groups excluding carboxylic acids is 4. The van der Waals surface area contributed by atoms with Crippen LogP contribution in [0.1, 0.15) is 190 Å². The summed E-state index contributed by atoms with van der Waals surface area (Å²) >= 11 is 11.0. The molecule has 36 heteroatoms. The first-order valence-electron chi connectivity index (χ1n) is 40.5. The molecule has 11 aromatic heterocycles. The van der Waals surface area contributed by atoms with E-state index in [1.54, 1.807) is 79.9 Å². The molecule has 0 spiro atoms. The first-order valence-corrected chi connectivity index (χ1v) is 50.8. The first-order chi connectivity index (χ1) is 61.1. The summed E-state index contributed by atoms with van der Waals surface area (Å²) in [5.74, 6) is -2.14. The van der Waals surface area contributed by atoms with Gasteiger partial charge in [-0.15, -0.1) is 5.56 Å². The van der Waals surface area contributed by atoms with Gasteiger partial charge in [0.05, 0.1) is 155 Å². The standard InChI is InChI=1S/C23H24N6O.C18H19N3O2.C17H17N3O2.C12H13IN2O2.C9H7IN2O2.C6H9N3.C6H6N.C3H7I.BrH.Na.H2O.Zn/c1-14(2)29-22-8-17(23(30)27-12-18-11-24-16(4)10-25-18)7-19(20(22)13-28-29)21-6-5-15(3)9-26-21;1-11(2)21-17-8-13(18(22)23-4)7-14(15(17)10-20-21)16-6-5-12(3)9-19-16;1-10(2)20-16-7-12(17(21)22)6-13(14(16)9-19-20)15-5-4-11(3)8-18-15;1-7(2)15-11-5-8(12(16)17-3)4-10(13)9(11)6-14-15;1-14-9(13)5-2-7(10)6-4-11-12-8(6)3-5;1-5-3-9-6(2-7)4-8-5;1-6-3-2-4-7-5-6;1-3(2)4;;;;/h5-11,13-14H,12H2,1-4H3,(H,27,30);5-11H,1-4H3;4-10H,1-3H3,(H,21,22);4-7H,1-3H3;2-4H,1H3,(H,11,12);3-4H,2,7H2,1H3;2-3,5H,1H3;3H,1-2H3;1H;;1H2;/q;;;;;;-1;;;+1;;+2/p-2. The second-order valence-electron chi connectivity index (χ2n) is 30.4. The molecule has 1 amide bonds. The van der Waals surface area contributed by atoms with Gasteiger partial charge in [-0.3, -0.25) is 63.5 Å². The third-order valence-electron chi connectivity index (χ3n) is 18.7. The number of amides is 1. The molecule has 130 heavy (non-hydrogen) atoms. The van der Waals surface area contributed by atoms with E-state index >= 15 is 0 Å². The minimum atomic E-state index is -0.952. The van der Waals surface area contributed by atoms with E-state index in [9.17, 15) is 29.1 Å². The Morgan fingerprint density at radius 1 is 0.454 bits per heavy atom. The van der Waals surface area contributed by atoms with Crippen molar-refractivity contribution in [2.45, 2.75) is 152 Å². The van der Waals surface area contributed by atoms with Crippen LogP contribution in [0.5, 0.6) is 0 Å². The number of nitrogens with zero attached hydrogens (tertiary/aromatic N) is 17. The predicted octanol–water partition coefficient (Wildman–Crippen LogP) is 17.4. The number of fused-ring (bicyclic) bond motifs is 5. The Labute approximate surface area is 835 Å². The number of ether oxygens (including phenoxy) is 3. The van der Waals surface area contributed by atoms with Gasteiger partial charge in [0.2, 0.25) is 0 Å². The van der Waals surface area contributed by atoms with E-state index in [1.165, 1.54) is 43.2 Å². The zero-order valence-corrected chi connectivity index (χ0v) is 89.3. The van der Waals surface area contributed by atoms with Gasteiger partial charge in [0.25, 0.3) is 5.91 Å². The summed E-state index contributed by atoms with van der Waals surface area (Å²) < 4.78 is 24.6. The Kier molecular flexibility index (Phi) is 44.0. The number of nitrogens with two attached hydrogens (primary N) is 1. The number of pyridine rings is 4. The van der Waals surface area contributed by atoms with Crippen LogP contribution in [0, 0.1) is 54.9 Å².